The van der Waals surface area contributed by atoms with Crippen LogP contribution in [-0.2, 0) is 6.42 Å². The van der Waals surface area contributed by atoms with Crippen molar-refractivity contribution in [1.29, 1.82) is 0 Å². The fourth-order valence-corrected chi connectivity index (χ4v) is 4.82. The third-order valence-electron chi connectivity index (χ3n) is 5.44. The highest BCUT2D eigenvalue weighted by atomic mass is 32.2. The zero-order chi connectivity index (χ0) is 21.1. The van der Waals surface area contributed by atoms with Gasteiger partial charge in [0.2, 0.25) is 0 Å². The Labute approximate surface area is 179 Å². The molecular formula is C22H25N5O2S. The fourth-order valence-electron chi connectivity index (χ4n) is 3.69. The topological polar surface area (TPSA) is 91.0 Å². The predicted molar refractivity (Wildman–Crippen MR) is 120 cm³/mol. The third kappa shape index (κ3) is 4.33. The number of amides is 1. The van der Waals surface area contributed by atoms with E-state index >= 15 is 0 Å². The number of hydrogen-bond donors (Lipinski definition) is 2. The lowest BCUT2D eigenvalue weighted by atomic mass is 10.1. The maximum Gasteiger partial charge on any atom is 0.269 e. The van der Waals surface area contributed by atoms with Crippen LogP contribution in [0.25, 0.3) is 11.0 Å². The Kier molecular flexibility index (Phi) is 6.03. The van der Waals surface area contributed by atoms with E-state index in [4.69, 9.17) is 0 Å². The van der Waals surface area contributed by atoms with Crippen LogP contribution in [0.15, 0.2) is 46.3 Å². The molecule has 0 radical (unpaired) electrons. The van der Waals surface area contributed by atoms with Gasteiger partial charge in [-0.2, -0.15) is 0 Å². The van der Waals surface area contributed by atoms with Crippen molar-refractivity contribution < 1.29 is 4.79 Å². The number of hydrogen-bond acceptors (Lipinski definition) is 6. The standard InChI is InChI=1S/C22H25N5O2S/c1-3-14-10-19-20(26-21(14)28)11-17(13-25-19)30-16-6-8-27(9-7-16)15-4-5-18(24-12-15)22(29)23-2/h4-5,10-13,16H,3,6-9H2,1-2H3,(H,23,29)(H,26,28). The summed E-state index contributed by atoms with van der Waals surface area (Å²) in [6.45, 7) is 3.85. The number of carbonyl (C=O) groups excluding carboxylic acids is 1. The molecular weight excluding hydrogens is 398 g/mol. The second-order valence-electron chi connectivity index (χ2n) is 7.37. The van der Waals surface area contributed by atoms with Crippen molar-refractivity contribution in [2.75, 3.05) is 25.0 Å². The van der Waals surface area contributed by atoms with Gasteiger partial charge in [0.15, 0.2) is 0 Å². The summed E-state index contributed by atoms with van der Waals surface area (Å²) in [5.74, 6) is -0.173. The van der Waals surface area contributed by atoms with Crippen molar-refractivity contribution in [2.24, 2.45) is 0 Å². The summed E-state index contributed by atoms with van der Waals surface area (Å²) >= 11 is 1.82. The molecule has 2 N–H and O–H groups in total. The maximum absolute atomic E-state index is 12.1. The first-order valence-electron chi connectivity index (χ1n) is 10.2. The van der Waals surface area contributed by atoms with E-state index in [0.717, 1.165) is 53.1 Å². The minimum Gasteiger partial charge on any atom is -0.370 e. The smallest absolute Gasteiger partial charge is 0.269 e. The lowest BCUT2D eigenvalue weighted by molar-refractivity contribution is 0.0958. The van der Waals surface area contributed by atoms with Gasteiger partial charge in [0.05, 0.1) is 22.9 Å². The normalized spacial score (nSPS) is 14.8. The SMILES string of the molecule is CCc1cc2ncc(SC3CCN(c4ccc(C(=O)NC)nc4)CC3)cc2[nH]c1=O. The summed E-state index contributed by atoms with van der Waals surface area (Å²) in [4.78, 5) is 38.9. The highest BCUT2D eigenvalue weighted by Gasteiger charge is 2.21. The van der Waals surface area contributed by atoms with Crippen molar-refractivity contribution in [3.8, 4) is 0 Å². The number of pyridine rings is 3. The van der Waals surface area contributed by atoms with Gasteiger partial charge in [-0.25, -0.2) is 4.98 Å². The molecule has 3 aromatic rings. The van der Waals surface area contributed by atoms with E-state index in [0.29, 0.717) is 17.4 Å². The number of aromatic nitrogens is 3. The van der Waals surface area contributed by atoms with Crippen molar-refractivity contribution in [2.45, 2.75) is 36.3 Å². The van der Waals surface area contributed by atoms with E-state index < -0.39 is 0 Å². The van der Waals surface area contributed by atoms with Crippen LogP contribution in [0.3, 0.4) is 0 Å². The van der Waals surface area contributed by atoms with Gasteiger partial charge in [0.25, 0.3) is 11.5 Å². The van der Waals surface area contributed by atoms with Crippen LogP contribution in [-0.4, -0.2) is 46.2 Å². The van der Waals surface area contributed by atoms with Gasteiger partial charge in [-0.1, -0.05) is 6.92 Å². The van der Waals surface area contributed by atoms with Crippen molar-refractivity contribution in [3.63, 3.8) is 0 Å². The van der Waals surface area contributed by atoms with Crippen molar-refractivity contribution in [1.82, 2.24) is 20.3 Å². The van der Waals surface area contributed by atoms with Crippen LogP contribution in [0.4, 0.5) is 5.69 Å². The van der Waals surface area contributed by atoms with Crippen LogP contribution in [0.5, 0.6) is 0 Å². The van der Waals surface area contributed by atoms with Gasteiger partial charge in [-0.15, -0.1) is 11.8 Å². The van der Waals surface area contributed by atoms with E-state index in [1.807, 2.05) is 43.1 Å². The lowest BCUT2D eigenvalue weighted by Crippen LogP contribution is -2.34. The number of nitrogens with zero attached hydrogens (tertiary/aromatic N) is 3. The summed E-state index contributed by atoms with van der Waals surface area (Å²) in [5.41, 5.74) is 3.83. The molecule has 0 atom stereocenters. The van der Waals surface area contributed by atoms with Gasteiger partial charge >= 0.3 is 0 Å². The summed E-state index contributed by atoms with van der Waals surface area (Å²) in [5, 5.41) is 3.09. The third-order valence-corrected chi connectivity index (χ3v) is 6.74. The van der Waals surface area contributed by atoms with Crippen molar-refractivity contribution >= 4 is 34.4 Å². The predicted octanol–water partition coefficient (Wildman–Crippen LogP) is 3.00. The first kappa shape index (κ1) is 20.4. The molecule has 0 aliphatic carbocycles. The highest BCUT2D eigenvalue weighted by molar-refractivity contribution is 8.00. The maximum atomic E-state index is 12.1. The number of fused-ring (bicyclic) bond motifs is 1. The largest absolute Gasteiger partial charge is 0.370 e. The lowest BCUT2D eigenvalue weighted by Gasteiger charge is -2.33. The van der Waals surface area contributed by atoms with Crippen LogP contribution in [0, 0.1) is 0 Å². The summed E-state index contributed by atoms with van der Waals surface area (Å²) in [7, 11) is 1.60. The molecule has 1 amide bonds. The Morgan fingerprint density at radius 2 is 2.03 bits per heavy atom. The molecule has 4 rings (SSSR count). The molecule has 7 nitrogen and oxygen atoms in total. The number of anilines is 1. The number of nitrogens with one attached hydrogen (secondary N) is 2. The molecule has 0 bridgehead atoms. The number of H-pyrrole nitrogens is 1. The molecule has 0 unspecified atom stereocenters. The van der Waals surface area contributed by atoms with Crippen LogP contribution >= 0.6 is 11.8 Å². The molecule has 8 heteroatoms. The van der Waals surface area contributed by atoms with Gasteiger partial charge in [-0.3, -0.25) is 14.6 Å². The van der Waals surface area contributed by atoms with E-state index in [1.54, 1.807) is 19.3 Å². The minimum absolute atomic E-state index is 0.0293. The molecule has 0 spiro atoms. The van der Waals surface area contributed by atoms with Gasteiger partial charge in [0, 0.05) is 42.0 Å². The van der Waals surface area contributed by atoms with Crippen LogP contribution in [0.1, 0.15) is 35.8 Å². The Morgan fingerprint density at radius 1 is 1.23 bits per heavy atom. The summed E-state index contributed by atoms with van der Waals surface area (Å²) in [6, 6.07) is 7.63. The second kappa shape index (κ2) is 8.87. The number of rotatable bonds is 5. The Balaban J connectivity index is 1.38. The highest BCUT2D eigenvalue weighted by Crippen LogP contribution is 2.32. The second-order valence-corrected chi connectivity index (χ2v) is 8.74. The van der Waals surface area contributed by atoms with E-state index in [9.17, 15) is 9.59 Å². The first-order chi connectivity index (χ1) is 14.6. The Hall–Kier alpha value is -2.87. The first-order valence-corrected chi connectivity index (χ1v) is 11.1. The molecule has 1 saturated heterocycles. The minimum atomic E-state index is -0.173. The van der Waals surface area contributed by atoms with Crippen LogP contribution < -0.4 is 15.8 Å². The average molecular weight is 424 g/mol. The number of carbonyl (C=O) groups is 1. The molecule has 156 valence electrons. The molecule has 0 aromatic carbocycles. The van der Waals surface area contributed by atoms with Gasteiger partial charge in [0.1, 0.15) is 5.69 Å². The number of thioether (sulfide) groups is 1. The molecule has 3 aromatic heterocycles. The molecule has 1 aliphatic rings. The average Bonchev–Trinajstić information content (AvgIpc) is 2.78. The summed E-state index contributed by atoms with van der Waals surface area (Å²) in [6.07, 6.45) is 6.47. The number of aryl methyl sites for hydroxylation is 1. The molecule has 4 heterocycles. The summed E-state index contributed by atoms with van der Waals surface area (Å²) < 4.78 is 0. The molecule has 1 aliphatic heterocycles. The van der Waals surface area contributed by atoms with Gasteiger partial charge in [-0.05, 0) is 43.5 Å². The Bertz CT molecular complexity index is 1100. The molecule has 30 heavy (non-hydrogen) atoms. The zero-order valence-electron chi connectivity index (χ0n) is 17.1. The van der Waals surface area contributed by atoms with Crippen LogP contribution in [0.2, 0.25) is 0 Å². The van der Waals surface area contributed by atoms with E-state index in [2.05, 4.69) is 25.2 Å². The monoisotopic (exact) mass is 423 g/mol. The quantitative estimate of drug-likeness (QED) is 0.656. The molecule has 1 fully saturated rings. The van der Waals surface area contributed by atoms with Gasteiger partial charge < -0.3 is 15.2 Å². The number of piperidine rings is 1. The zero-order valence-corrected chi connectivity index (χ0v) is 18.0. The Morgan fingerprint density at radius 3 is 2.70 bits per heavy atom. The van der Waals surface area contributed by atoms with Crippen molar-refractivity contribution in [3.05, 3.63) is 58.3 Å². The van der Waals surface area contributed by atoms with E-state index in [-0.39, 0.29) is 11.5 Å². The number of aromatic amines is 1. The molecule has 0 saturated carbocycles. The fraction of sp³-hybridized carbons (Fsp3) is 0.364. The van der Waals surface area contributed by atoms with E-state index in [1.165, 1.54) is 0 Å².